The van der Waals surface area contributed by atoms with Crippen LogP contribution in [-0.2, 0) is 13.8 Å². The summed E-state index contributed by atoms with van der Waals surface area (Å²) >= 11 is 0.620. The topological polar surface area (TPSA) is 63.6 Å². The van der Waals surface area contributed by atoms with Crippen molar-refractivity contribution in [2.45, 2.75) is 6.92 Å². The number of carboxylic acid groups (broad SMARTS) is 1. The summed E-state index contributed by atoms with van der Waals surface area (Å²) in [5.41, 5.74) is 0. The fraction of sp³-hybridized carbons (Fsp3) is 0.500. The Morgan fingerprint density at radius 1 is 1.60 bits per heavy atom. The summed E-state index contributed by atoms with van der Waals surface area (Å²) in [6.07, 6.45) is 0. The third-order valence-corrected chi connectivity index (χ3v) is 1.08. The highest BCUT2D eigenvalue weighted by molar-refractivity contribution is 7.95. The maximum atomic E-state index is 9.99. The lowest BCUT2D eigenvalue weighted by atomic mass is 10.8. The van der Waals surface area contributed by atoms with Crippen LogP contribution in [0.15, 0.2) is 0 Å². The van der Waals surface area contributed by atoms with Crippen molar-refractivity contribution in [1.29, 1.82) is 0 Å². The van der Waals surface area contributed by atoms with E-state index >= 15 is 0 Å². The molecule has 0 saturated carbocycles. The monoisotopic (exact) mass is 186 g/mol. The third-order valence-electron chi connectivity index (χ3n) is 0.359. The predicted molar refractivity (Wildman–Crippen MR) is 39.1 cm³/mol. The van der Waals surface area contributed by atoms with Gasteiger partial charge in [0.05, 0.1) is 12.0 Å². The minimum atomic E-state index is -0.999. The molecule has 0 aromatic heterocycles. The van der Waals surface area contributed by atoms with Crippen molar-refractivity contribution >= 4 is 36.4 Å². The highest BCUT2D eigenvalue weighted by Gasteiger charge is 1.98. The number of rotatable bonds is 3. The van der Waals surface area contributed by atoms with Crippen LogP contribution in [0.1, 0.15) is 6.92 Å². The highest BCUT2D eigenvalue weighted by Crippen LogP contribution is 2.00. The predicted octanol–water partition coefficient (Wildman–Crippen LogP) is 0.704. The molecular weight excluding hydrogens is 180 g/mol. The van der Waals surface area contributed by atoms with Crippen LogP contribution in [0.5, 0.6) is 0 Å². The molecule has 0 fully saturated rings. The number of aliphatic carboxylic acids is 1. The summed E-state index contributed by atoms with van der Waals surface area (Å²) in [7, 11) is 0. The molecule has 0 rings (SSSR count). The van der Waals surface area contributed by atoms with Crippen molar-refractivity contribution in [2.24, 2.45) is 0 Å². The van der Waals surface area contributed by atoms with Gasteiger partial charge in [-0.2, -0.15) is 0 Å². The van der Waals surface area contributed by atoms with Crippen molar-refractivity contribution in [3.05, 3.63) is 0 Å². The van der Waals surface area contributed by atoms with E-state index in [0.29, 0.717) is 12.0 Å². The maximum Gasteiger partial charge on any atom is 0.316 e. The van der Waals surface area contributed by atoms with E-state index in [9.17, 15) is 9.59 Å². The molecule has 0 saturated heterocycles. The average molecular weight is 187 g/mol. The molecule has 0 amide bonds. The summed E-state index contributed by atoms with van der Waals surface area (Å²) in [6, 6.07) is 0. The Balaban J connectivity index is 0. The van der Waals surface area contributed by atoms with Crippen LogP contribution in [0.2, 0.25) is 0 Å². The molecular formula is C4H7ClO4S. The van der Waals surface area contributed by atoms with E-state index in [4.69, 9.17) is 5.11 Å². The molecule has 0 atom stereocenters. The number of hydrogen-bond acceptors (Lipinski definition) is 4. The van der Waals surface area contributed by atoms with E-state index in [2.05, 4.69) is 4.18 Å². The lowest BCUT2D eigenvalue weighted by Gasteiger charge is -1.92. The molecule has 4 nitrogen and oxygen atoms in total. The first kappa shape index (κ1) is 12.3. The average Bonchev–Trinajstić information content (AvgIpc) is 1.63. The third kappa shape index (κ3) is 10.5. The van der Waals surface area contributed by atoms with Gasteiger partial charge in [-0.25, -0.2) is 0 Å². The Labute approximate surface area is 68.6 Å². The molecule has 0 aliphatic carbocycles. The van der Waals surface area contributed by atoms with Crippen molar-refractivity contribution in [3.63, 3.8) is 0 Å². The Kier molecular flexibility index (Phi) is 8.22. The molecule has 0 unspecified atom stereocenters. The lowest BCUT2D eigenvalue weighted by Crippen LogP contribution is -2.00. The normalized spacial score (nSPS) is 7.70. The Morgan fingerprint density at radius 2 is 2.10 bits per heavy atom. The van der Waals surface area contributed by atoms with Crippen molar-refractivity contribution < 1.29 is 18.9 Å². The minimum Gasteiger partial charge on any atom is -0.481 e. The Hall–Kier alpha value is -0.420. The summed E-state index contributed by atoms with van der Waals surface area (Å²) in [5, 5.41) is 8.01. The van der Waals surface area contributed by atoms with Gasteiger partial charge in [0.1, 0.15) is 5.75 Å². The van der Waals surface area contributed by atoms with Gasteiger partial charge in [0.15, 0.2) is 0 Å². The van der Waals surface area contributed by atoms with Gasteiger partial charge in [0.25, 0.3) is 0 Å². The highest BCUT2D eigenvalue weighted by atomic mass is 35.5. The van der Waals surface area contributed by atoms with Gasteiger partial charge in [-0.1, -0.05) is 0 Å². The molecule has 6 heteroatoms. The minimum absolute atomic E-state index is 0. The largest absolute Gasteiger partial charge is 0.481 e. The summed E-state index contributed by atoms with van der Waals surface area (Å²) < 4.78 is 4.25. The van der Waals surface area contributed by atoms with Crippen LogP contribution in [0.25, 0.3) is 0 Å². The lowest BCUT2D eigenvalue weighted by molar-refractivity contribution is -0.134. The van der Waals surface area contributed by atoms with E-state index < -0.39 is 11.9 Å². The Morgan fingerprint density at radius 3 is 2.40 bits per heavy atom. The molecule has 0 aromatic rings. The van der Waals surface area contributed by atoms with E-state index in [1.807, 2.05) is 0 Å². The van der Waals surface area contributed by atoms with Crippen molar-refractivity contribution in [1.82, 2.24) is 0 Å². The van der Waals surface area contributed by atoms with Crippen LogP contribution in [0, 0.1) is 0 Å². The zero-order chi connectivity index (χ0) is 7.28. The first-order chi connectivity index (χ1) is 4.13. The smallest absolute Gasteiger partial charge is 0.316 e. The van der Waals surface area contributed by atoms with Gasteiger partial charge >= 0.3 is 11.9 Å². The summed E-state index contributed by atoms with van der Waals surface area (Å²) in [6.45, 7) is 1.22. The standard InChI is InChI=1S/C4H6O4S.ClH/c1-3(5)8-9-2-4(6)7;/h2H2,1H3,(H,6,7);1H. The Bertz CT molecular complexity index is 112. The molecule has 0 radical (unpaired) electrons. The van der Waals surface area contributed by atoms with Crippen LogP contribution in [0.3, 0.4) is 0 Å². The van der Waals surface area contributed by atoms with Gasteiger partial charge in [-0.3, -0.25) is 9.59 Å². The number of carbonyl (C=O) groups is 2. The molecule has 10 heavy (non-hydrogen) atoms. The van der Waals surface area contributed by atoms with Gasteiger partial charge in [-0.15, -0.1) is 12.4 Å². The van der Waals surface area contributed by atoms with Crippen LogP contribution in [-0.4, -0.2) is 22.8 Å². The second kappa shape index (κ2) is 6.70. The maximum absolute atomic E-state index is 9.99. The number of carboxylic acids is 1. The van der Waals surface area contributed by atoms with Gasteiger partial charge in [0.2, 0.25) is 0 Å². The SMILES string of the molecule is CC(=O)OSCC(=O)O.Cl. The van der Waals surface area contributed by atoms with Crippen LogP contribution in [0.4, 0.5) is 0 Å². The van der Waals surface area contributed by atoms with Crippen molar-refractivity contribution in [3.8, 4) is 0 Å². The second-order valence-corrected chi connectivity index (χ2v) is 1.92. The number of carbonyl (C=O) groups excluding carboxylic acids is 1. The van der Waals surface area contributed by atoms with Crippen LogP contribution < -0.4 is 0 Å². The van der Waals surface area contributed by atoms with E-state index in [0.717, 1.165) is 0 Å². The fourth-order valence-electron chi connectivity index (χ4n) is 0.163. The second-order valence-electron chi connectivity index (χ2n) is 1.23. The van der Waals surface area contributed by atoms with E-state index in [1.54, 1.807) is 0 Å². The quantitative estimate of drug-likeness (QED) is 0.658. The fourth-order valence-corrected chi connectivity index (χ4v) is 0.489. The van der Waals surface area contributed by atoms with Crippen molar-refractivity contribution in [2.75, 3.05) is 5.75 Å². The number of halogens is 1. The van der Waals surface area contributed by atoms with E-state index in [1.165, 1.54) is 6.92 Å². The zero-order valence-corrected chi connectivity index (χ0v) is 6.83. The first-order valence-corrected chi connectivity index (χ1v) is 3.06. The van der Waals surface area contributed by atoms with Gasteiger partial charge < -0.3 is 9.29 Å². The van der Waals surface area contributed by atoms with Gasteiger partial charge in [0, 0.05) is 6.92 Å². The zero-order valence-electron chi connectivity index (χ0n) is 5.20. The van der Waals surface area contributed by atoms with Gasteiger partial charge in [-0.05, 0) is 0 Å². The summed E-state index contributed by atoms with van der Waals surface area (Å²) in [4.78, 5) is 19.8. The first-order valence-electron chi connectivity index (χ1n) is 2.14. The molecule has 1 N–H and O–H groups in total. The molecule has 0 heterocycles. The molecule has 0 aliphatic rings. The molecule has 0 aromatic carbocycles. The van der Waals surface area contributed by atoms with E-state index in [-0.39, 0.29) is 18.2 Å². The molecule has 60 valence electrons. The molecule has 0 bridgehead atoms. The molecule has 0 aliphatic heterocycles. The van der Waals surface area contributed by atoms with Crippen LogP contribution >= 0.6 is 24.4 Å². The summed E-state index contributed by atoms with van der Waals surface area (Å²) in [5.74, 6) is -1.69. The molecule has 0 spiro atoms. The number of hydrogen-bond donors (Lipinski definition) is 1.